The molecule has 0 rings (SSSR count). The summed E-state index contributed by atoms with van der Waals surface area (Å²) in [5, 5.41) is -0.0270. The molecule has 0 aliphatic heterocycles. The minimum absolute atomic E-state index is 0.0270. The van der Waals surface area contributed by atoms with Crippen molar-refractivity contribution < 1.29 is 0 Å². The average Bonchev–Trinajstić information content (AvgIpc) is 1.60. The average molecular weight is 277 g/mol. The van der Waals surface area contributed by atoms with Crippen LogP contribution in [-0.2, 0) is 0 Å². The Bertz CT molecular complexity index is 99.6. The molecule has 0 heterocycles. The van der Waals surface area contributed by atoms with Crippen LogP contribution >= 0.6 is 55.4 Å². The number of hydrogen-bond acceptors (Lipinski definition) is 0. The van der Waals surface area contributed by atoms with E-state index in [-0.39, 0.29) is 5.16 Å². The van der Waals surface area contributed by atoms with Gasteiger partial charge in [0, 0.05) is 5.16 Å². The highest BCUT2D eigenvalue weighted by Crippen LogP contribution is 2.40. The molecule has 7 heteroatoms. The third kappa shape index (κ3) is 4.05. The van der Waals surface area contributed by atoms with Crippen molar-refractivity contribution in [3.63, 3.8) is 0 Å². The third-order valence-electron chi connectivity index (χ3n) is 1.16. The zero-order valence-electron chi connectivity index (χ0n) is 5.25. The topological polar surface area (TPSA) is 0 Å². The van der Waals surface area contributed by atoms with E-state index in [2.05, 4.69) is 0 Å². The van der Waals surface area contributed by atoms with E-state index in [0.717, 1.165) is 6.42 Å². The Balaban J connectivity index is 4.07. The molecule has 0 spiro atoms. The minimum Gasteiger partial charge on any atom is -0.150 e. The predicted molar refractivity (Wildman–Crippen MR) is 56.2 cm³/mol. The predicted octanol–water partition coefficient (Wildman–Crippen LogP) is 3.66. The van der Waals surface area contributed by atoms with Crippen LogP contribution in [0.4, 0.5) is 0 Å². The van der Waals surface area contributed by atoms with Crippen molar-refractivity contribution in [2.75, 3.05) is 0 Å². The molecule has 0 radical (unpaired) electrons. The van der Waals surface area contributed by atoms with Crippen LogP contribution in [0.3, 0.4) is 0 Å². The number of rotatable bonds is 3. The maximum atomic E-state index is 5.73. The molecule has 0 aliphatic rings. The summed E-state index contributed by atoms with van der Waals surface area (Å²) in [5.41, 5.74) is 0. The van der Waals surface area contributed by atoms with Gasteiger partial charge in [0.05, 0.1) is 0 Å². The largest absolute Gasteiger partial charge is 0.343 e. The molecular formula is C3H7Cl5Si2. The minimum atomic E-state index is -2.64. The van der Waals surface area contributed by atoms with Gasteiger partial charge in [-0.15, -0.1) is 33.2 Å². The molecule has 0 saturated heterocycles. The molecule has 0 fully saturated rings. The van der Waals surface area contributed by atoms with Crippen LogP contribution in [0.15, 0.2) is 0 Å². The molecule has 1 atom stereocenters. The number of hydrogen-bond donors (Lipinski definition) is 0. The van der Waals surface area contributed by atoms with Gasteiger partial charge in [-0.05, 0) is 0 Å². The summed E-state index contributed by atoms with van der Waals surface area (Å²) in [5.74, 6) is 0. The van der Waals surface area contributed by atoms with Gasteiger partial charge in [0.15, 0.2) is 0 Å². The van der Waals surface area contributed by atoms with E-state index in [1.165, 1.54) is 0 Å². The molecule has 0 aromatic rings. The molecule has 0 aliphatic carbocycles. The quantitative estimate of drug-likeness (QED) is 0.545. The summed E-state index contributed by atoms with van der Waals surface area (Å²) >= 11 is 28.6. The Hall–Kier alpha value is 1.88. The second-order valence-electron chi connectivity index (χ2n) is 1.89. The lowest BCUT2D eigenvalue weighted by Crippen LogP contribution is -2.26. The van der Waals surface area contributed by atoms with E-state index in [9.17, 15) is 0 Å². The standard InChI is InChI=1S/C3H7Cl5Si2/c1-2-3(9(4)5)10(6,7)8/h3,9H,2H2,1H3. The van der Waals surface area contributed by atoms with Crippen LogP contribution < -0.4 is 0 Å². The van der Waals surface area contributed by atoms with E-state index in [1.54, 1.807) is 0 Å². The van der Waals surface area contributed by atoms with E-state index in [0.29, 0.717) is 0 Å². The van der Waals surface area contributed by atoms with Gasteiger partial charge < -0.3 is 0 Å². The summed E-state index contributed by atoms with van der Waals surface area (Å²) < 4.78 is 0. The molecule has 0 N–H and O–H groups in total. The van der Waals surface area contributed by atoms with Gasteiger partial charge in [-0.25, -0.2) is 0 Å². The van der Waals surface area contributed by atoms with Crippen molar-refractivity contribution >= 4 is 68.8 Å². The Morgan fingerprint density at radius 2 is 1.70 bits per heavy atom. The van der Waals surface area contributed by atoms with Gasteiger partial charge >= 0.3 is 6.00 Å². The van der Waals surface area contributed by atoms with Crippen molar-refractivity contribution in [2.24, 2.45) is 0 Å². The highest BCUT2D eigenvalue weighted by molar-refractivity contribution is 7.68. The molecule has 0 bridgehead atoms. The highest BCUT2D eigenvalue weighted by Gasteiger charge is 2.40. The van der Waals surface area contributed by atoms with E-state index in [4.69, 9.17) is 55.4 Å². The summed E-state index contributed by atoms with van der Waals surface area (Å²) in [7, 11) is -1.80. The first-order valence-corrected chi connectivity index (χ1v) is 12.0. The first-order valence-electron chi connectivity index (χ1n) is 2.74. The van der Waals surface area contributed by atoms with E-state index < -0.39 is 13.4 Å². The monoisotopic (exact) mass is 274 g/mol. The van der Waals surface area contributed by atoms with Gasteiger partial charge in [0.1, 0.15) is 0 Å². The first kappa shape index (κ1) is 11.9. The molecule has 0 saturated carbocycles. The lowest BCUT2D eigenvalue weighted by atomic mass is 10.6. The van der Waals surface area contributed by atoms with Gasteiger partial charge in [-0.2, -0.15) is 22.2 Å². The van der Waals surface area contributed by atoms with Crippen molar-refractivity contribution in [2.45, 2.75) is 18.5 Å². The molecule has 0 aromatic heterocycles. The second-order valence-corrected chi connectivity index (χ2v) is 16.5. The lowest BCUT2D eigenvalue weighted by molar-refractivity contribution is 1.01. The molecule has 1 unspecified atom stereocenters. The van der Waals surface area contributed by atoms with Gasteiger partial charge in [0.2, 0.25) is 7.42 Å². The van der Waals surface area contributed by atoms with E-state index >= 15 is 0 Å². The SMILES string of the molecule is CCC([SiH](Cl)Cl)[Si](Cl)(Cl)Cl. The van der Waals surface area contributed by atoms with Crippen LogP contribution in [-0.4, -0.2) is 13.4 Å². The maximum Gasteiger partial charge on any atom is 0.343 e. The van der Waals surface area contributed by atoms with Gasteiger partial charge in [0.25, 0.3) is 0 Å². The fourth-order valence-electron chi connectivity index (χ4n) is 0.552. The van der Waals surface area contributed by atoms with Crippen molar-refractivity contribution in [1.29, 1.82) is 0 Å². The fraction of sp³-hybridized carbons (Fsp3) is 1.00. The van der Waals surface area contributed by atoms with Crippen LogP contribution in [0, 0.1) is 0 Å². The molecule has 0 amide bonds. The van der Waals surface area contributed by atoms with Crippen molar-refractivity contribution in [1.82, 2.24) is 0 Å². The zero-order valence-corrected chi connectivity index (χ0v) is 11.2. The maximum absolute atomic E-state index is 5.73. The van der Waals surface area contributed by atoms with Crippen molar-refractivity contribution in [3.05, 3.63) is 0 Å². The Kier molecular flexibility index (Phi) is 5.70. The van der Waals surface area contributed by atoms with Crippen LogP contribution in [0.1, 0.15) is 13.3 Å². The highest BCUT2D eigenvalue weighted by atomic mass is 35.8. The summed E-state index contributed by atoms with van der Waals surface area (Å²) in [6.07, 6.45) is 0.770. The summed E-state index contributed by atoms with van der Waals surface area (Å²) in [6, 6.07) is -2.64. The van der Waals surface area contributed by atoms with Crippen LogP contribution in [0.2, 0.25) is 5.16 Å². The third-order valence-corrected chi connectivity index (χ3v) is 13.5. The molecular weight excluding hydrogens is 269 g/mol. The molecule has 62 valence electrons. The zero-order chi connectivity index (χ0) is 8.36. The Morgan fingerprint density at radius 1 is 1.30 bits per heavy atom. The molecule has 0 aromatic carbocycles. The molecule has 0 nitrogen and oxygen atoms in total. The summed E-state index contributed by atoms with van der Waals surface area (Å²) in [4.78, 5) is 0. The first-order chi connectivity index (χ1) is 4.39. The van der Waals surface area contributed by atoms with Gasteiger partial charge in [-0.1, -0.05) is 13.3 Å². The number of halogens is 5. The Labute approximate surface area is 86.9 Å². The lowest BCUT2D eigenvalue weighted by Gasteiger charge is -2.19. The van der Waals surface area contributed by atoms with Crippen molar-refractivity contribution in [3.8, 4) is 0 Å². The fourth-order valence-corrected chi connectivity index (χ4v) is 15.3. The summed E-state index contributed by atoms with van der Waals surface area (Å²) in [6.45, 7) is 1.93. The van der Waals surface area contributed by atoms with E-state index in [1.807, 2.05) is 6.92 Å². The Morgan fingerprint density at radius 3 is 1.70 bits per heavy atom. The van der Waals surface area contributed by atoms with Gasteiger partial charge in [-0.3, -0.25) is 0 Å². The van der Waals surface area contributed by atoms with Crippen LogP contribution in [0.5, 0.6) is 0 Å². The molecule has 10 heavy (non-hydrogen) atoms. The van der Waals surface area contributed by atoms with Crippen LogP contribution in [0.25, 0.3) is 0 Å². The second kappa shape index (κ2) is 4.80. The normalized spacial score (nSPS) is 15.9. The smallest absolute Gasteiger partial charge is 0.150 e.